The molecule has 2 rings (SSSR count). The summed E-state index contributed by atoms with van der Waals surface area (Å²) in [4.78, 5) is 54.4. The van der Waals surface area contributed by atoms with Crippen LogP contribution in [0.3, 0.4) is 0 Å². The van der Waals surface area contributed by atoms with E-state index in [1.807, 2.05) is 20.8 Å². The number of nitrogens with zero attached hydrogens (tertiary/aromatic N) is 2. The number of hydrogen-bond acceptors (Lipinski definition) is 8. The molecule has 2 heterocycles. The van der Waals surface area contributed by atoms with Gasteiger partial charge in [-0.3, -0.25) is 19.0 Å². The molecule has 2 atom stereocenters. The highest BCUT2D eigenvalue weighted by Crippen LogP contribution is 2.25. The summed E-state index contributed by atoms with van der Waals surface area (Å²) in [6, 6.07) is -0.824. The van der Waals surface area contributed by atoms with Gasteiger partial charge in [-0.15, -0.1) is 11.3 Å². The van der Waals surface area contributed by atoms with Gasteiger partial charge in [-0.05, 0) is 25.3 Å². The van der Waals surface area contributed by atoms with E-state index in [9.17, 15) is 19.2 Å². The van der Waals surface area contributed by atoms with Crippen LogP contribution in [-0.2, 0) is 30.4 Å². The summed E-state index contributed by atoms with van der Waals surface area (Å²) in [7, 11) is 1.24. The Morgan fingerprint density at radius 2 is 2.00 bits per heavy atom. The molecule has 0 saturated heterocycles. The van der Waals surface area contributed by atoms with E-state index in [1.165, 1.54) is 24.8 Å². The average Bonchev–Trinajstić information content (AvgIpc) is 2.99. The number of carbonyl (C=O) groups is 3. The highest BCUT2D eigenvalue weighted by molar-refractivity contribution is 7.18. The zero-order valence-corrected chi connectivity index (χ0v) is 17.9. The fraction of sp³-hybridized carbons (Fsp3) is 0.526. The lowest BCUT2D eigenvalue weighted by Gasteiger charge is -2.21. The van der Waals surface area contributed by atoms with Crippen LogP contribution in [-0.4, -0.2) is 47.2 Å². The zero-order chi connectivity index (χ0) is 21.7. The molecule has 2 aromatic heterocycles. The van der Waals surface area contributed by atoms with Crippen molar-refractivity contribution in [3.05, 3.63) is 27.1 Å². The number of nitrogens with one attached hydrogen (secondary N) is 1. The molecule has 0 unspecified atom stereocenters. The van der Waals surface area contributed by atoms with Crippen LogP contribution in [0.25, 0.3) is 10.2 Å². The Balaban J connectivity index is 1.99. The van der Waals surface area contributed by atoms with Gasteiger partial charge in [0.05, 0.1) is 18.8 Å². The van der Waals surface area contributed by atoms with Crippen LogP contribution in [0.1, 0.15) is 30.7 Å². The molecule has 10 heteroatoms. The number of aromatic nitrogens is 2. The molecule has 0 spiro atoms. The first-order valence-electron chi connectivity index (χ1n) is 9.17. The fourth-order valence-electron chi connectivity index (χ4n) is 2.72. The zero-order valence-electron chi connectivity index (χ0n) is 17.1. The van der Waals surface area contributed by atoms with Crippen molar-refractivity contribution < 1.29 is 23.9 Å². The highest BCUT2D eigenvalue weighted by atomic mass is 32.1. The van der Waals surface area contributed by atoms with Gasteiger partial charge in [-0.2, -0.15) is 0 Å². The maximum absolute atomic E-state index is 12.6. The van der Waals surface area contributed by atoms with Crippen LogP contribution >= 0.6 is 11.3 Å². The van der Waals surface area contributed by atoms with E-state index in [2.05, 4.69) is 10.3 Å². The van der Waals surface area contributed by atoms with Gasteiger partial charge < -0.3 is 14.8 Å². The minimum absolute atomic E-state index is 0.143. The number of methoxy groups -OCH3 is 1. The normalized spacial score (nSPS) is 13.0. The number of amides is 1. The molecular formula is C19H25N3O6S. The number of rotatable bonds is 8. The molecule has 0 aliphatic rings. The molecule has 0 aromatic carbocycles. The van der Waals surface area contributed by atoms with Crippen molar-refractivity contribution in [2.75, 3.05) is 13.7 Å². The molecular weight excluding hydrogens is 398 g/mol. The van der Waals surface area contributed by atoms with Gasteiger partial charge in [0.25, 0.3) is 11.5 Å². The summed E-state index contributed by atoms with van der Waals surface area (Å²) in [5.41, 5.74) is 0.504. The van der Waals surface area contributed by atoms with Gasteiger partial charge >= 0.3 is 11.9 Å². The smallest absolute Gasteiger partial charge is 0.328 e. The maximum atomic E-state index is 12.6. The Labute approximate surface area is 172 Å². The van der Waals surface area contributed by atoms with Crippen LogP contribution < -0.4 is 10.9 Å². The molecule has 0 aliphatic heterocycles. The van der Waals surface area contributed by atoms with Gasteiger partial charge in [0.15, 0.2) is 6.61 Å². The van der Waals surface area contributed by atoms with Crippen LogP contribution in [0, 0.1) is 19.8 Å². The van der Waals surface area contributed by atoms with Gasteiger partial charge in [-0.25, -0.2) is 9.78 Å². The monoisotopic (exact) mass is 423 g/mol. The third-order valence-corrected chi connectivity index (χ3v) is 5.92. The van der Waals surface area contributed by atoms with Crippen molar-refractivity contribution in [1.82, 2.24) is 14.9 Å². The minimum atomic E-state index is -0.824. The second-order valence-electron chi connectivity index (χ2n) is 6.76. The minimum Gasteiger partial charge on any atom is -0.467 e. The third-order valence-electron chi connectivity index (χ3n) is 4.80. The molecule has 0 radical (unpaired) electrons. The predicted molar refractivity (Wildman–Crippen MR) is 108 cm³/mol. The molecule has 0 saturated carbocycles. The average molecular weight is 423 g/mol. The number of thiophene rings is 1. The number of fused-ring (bicyclic) bond motifs is 1. The molecule has 29 heavy (non-hydrogen) atoms. The Bertz CT molecular complexity index is 980. The van der Waals surface area contributed by atoms with Crippen LogP contribution in [0.5, 0.6) is 0 Å². The lowest BCUT2D eigenvalue weighted by atomic mass is 9.99. The first-order chi connectivity index (χ1) is 13.7. The van der Waals surface area contributed by atoms with Crippen molar-refractivity contribution in [2.24, 2.45) is 5.92 Å². The first kappa shape index (κ1) is 22.5. The molecule has 1 N–H and O–H groups in total. The first-order valence-corrected chi connectivity index (χ1v) is 9.99. The molecule has 158 valence electrons. The maximum Gasteiger partial charge on any atom is 0.328 e. The second-order valence-corrected chi connectivity index (χ2v) is 7.96. The molecule has 9 nitrogen and oxygen atoms in total. The van der Waals surface area contributed by atoms with Crippen LogP contribution in [0.15, 0.2) is 11.1 Å². The van der Waals surface area contributed by atoms with E-state index in [4.69, 9.17) is 9.47 Å². The second kappa shape index (κ2) is 9.64. The fourth-order valence-corrected chi connectivity index (χ4v) is 3.71. The van der Waals surface area contributed by atoms with Crippen LogP contribution in [0.4, 0.5) is 0 Å². The number of carbonyl (C=O) groups excluding carboxylic acids is 3. The number of esters is 2. The van der Waals surface area contributed by atoms with Crippen LogP contribution in [0.2, 0.25) is 0 Å². The largest absolute Gasteiger partial charge is 0.467 e. The Kier molecular flexibility index (Phi) is 7.49. The van der Waals surface area contributed by atoms with Crippen molar-refractivity contribution in [3.8, 4) is 0 Å². The summed E-state index contributed by atoms with van der Waals surface area (Å²) in [6.45, 7) is 6.49. The number of ether oxygens (including phenoxy) is 2. The number of hydrogen-bond donors (Lipinski definition) is 1. The Morgan fingerprint density at radius 1 is 1.31 bits per heavy atom. The van der Waals surface area contributed by atoms with Crippen molar-refractivity contribution >= 4 is 39.4 Å². The van der Waals surface area contributed by atoms with E-state index in [-0.39, 0.29) is 18.0 Å². The predicted octanol–water partition coefficient (Wildman–Crippen LogP) is 1.32. The topological polar surface area (TPSA) is 117 Å². The summed E-state index contributed by atoms with van der Waals surface area (Å²) in [5.74, 6) is -2.09. The van der Waals surface area contributed by atoms with E-state index in [1.54, 1.807) is 6.92 Å². The van der Waals surface area contributed by atoms with E-state index in [0.29, 0.717) is 16.6 Å². The molecule has 1 amide bonds. The molecule has 0 fully saturated rings. The summed E-state index contributed by atoms with van der Waals surface area (Å²) < 4.78 is 10.8. The molecule has 0 bridgehead atoms. The van der Waals surface area contributed by atoms with E-state index >= 15 is 0 Å². The molecule has 0 aliphatic carbocycles. The Hall–Kier alpha value is -2.75. The number of aryl methyl sites for hydroxylation is 2. The SMILES string of the molecule is CC[C@H](C)[C@H](NC(=O)COC(=O)Cn1cnc2sc(C)c(C)c2c1=O)C(=O)OC. The van der Waals surface area contributed by atoms with Gasteiger partial charge in [0.2, 0.25) is 0 Å². The van der Waals surface area contributed by atoms with Crippen molar-refractivity contribution in [3.63, 3.8) is 0 Å². The summed E-state index contributed by atoms with van der Waals surface area (Å²) >= 11 is 1.42. The van der Waals surface area contributed by atoms with Crippen molar-refractivity contribution in [1.29, 1.82) is 0 Å². The van der Waals surface area contributed by atoms with Gasteiger partial charge in [0, 0.05) is 4.88 Å². The third kappa shape index (κ3) is 5.20. The van der Waals surface area contributed by atoms with Crippen molar-refractivity contribution in [2.45, 2.75) is 46.7 Å². The quantitative estimate of drug-likeness (QED) is 0.637. The van der Waals surface area contributed by atoms with E-state index < -0.39 is 30.5 Å². The van der Waals surface area contributed by atoms with Gasteiger partial charge in [-0.1, -0.05) is 20.3 Å². The summed E-state index contributed by atoms with van der Waals surface area (Å²) in [5, 5.41) is 2.99. The van der Waals surface area contributed by atoms with Gasteiger partial charge in [0.1, 0.15) is 17.4 Å². The molecule has 2 aromatic rings. The van der Waals surface area contributed by atoms with E-state index in [0.717, 1.165) is 15.0 Å². The lowest BCUT2D eigenvalue weighted by Crippen LogP contribution is -2.47. The highest BCUT2D eigenvalue weighted by Gasteiger charge is 2.27. The lowest BCUT2D eigenvalue weighted by molar-refractivity contribution is -0.151. The summed E-state index contributed by atoms with van der Waals surface area (Å²) in [6.07, 6.45) is 1.94. The standard InChI is InChI=1S/C19H25N3O6S/c1-6-10(2)16(19(26)27-5)21-13(23)8-28-14(24)7-22-9-20-17-15(18(22)25)11(3)12(4)29-17/h9-10,16H,6-8H2,1-5H3,(H,21,23)/t10-,16-/m0/s1. The Morgan fingerprint density at radius 3 is 2.62 bits per heavy atom.